The monoisotopic (exact) mass is 473 g/mol. The number of aromatic nitrogens is 2. The van der Waals surface area contributed by atoms with Crippen molar-refractivity contribution in [2.24, 2.45) is 0 Å². The summed E-state index contributed by atoms with van der Waals surface area (Å²) in [5.74, 6) is -0.255. The number of hydrogen-bond donors (Lipinski definition) is 0. The molecule has 156 valence electrons. The van der Waals surface area contributed by atoms with Gasteiger partial charge < -0.3 is 9.47 Å². The van der Waals surface area contributed by atoms with Crippen LogP contribution < -0.4 is 14.4 Å². The number of methoxy groups -OCH3 is 1. The zero-order valence-electron chi connectivity index (χ0n) is 15.9. The summed E-state index contributed by atoms with van der Waals surface area (Å²) < 4.78 is 24.9. The van der Waals surface area contributed by atoms with Crippen LogP contribution >= 0.6 is 35.6 Å². The molecule has 3 aromatic rings. The highest BCUT2D eigenvalue weighted by Gasteiger charge is 2.33. The first-order valence-electron chi connectivity index (χ1n) is 8.82. The number of halogens is 2. The van der Waals surface area contributed by atoms with Gasteiger partial charge >= 0.3 is 0 Å². The van der Waals surface area contributed by atoms with Crippen LogP contribution in [0.4, 0.5) is 10.1 Å². The third kappa shape index (κ3) is 4.68. The van der Waals surface area contributed by atoms with E-state index in [1.54, 1.807) is 61.7 Å². The first kappa shape index (κ1) is 21.2. The van der Waals surface area contributed by atoms with E-state index in [0.717, 1.165) is 6.20 Å². The predicted molar refractivity (Wildman–Crippen MR) is 122 cm³/mol. The van der Waals surface area contributed by atoms with Crippen molar-refractivity contribution in [3.05, 3.63) is 76.3 Å². The summed E-state index contributed by atoms with van der Waals surface area (Å²) in [6.45, 7) is 0. The second-order valence-corrected chi connectivity index (χ2v) is 8.20. The van der Waals surface area contributed by atoms with Gasteiger partial charge in [0.25, 0.3) is 11.8 Å². The SMILES string of the molecule is COc1ccc(N2C(=O)/C(=C/c3cccc(Oc4nc(Cl)ncc4F)c3)SC2=S)cc1. The van der Waals surface area contributed by atoms with E-state index in [9.17, 15) is 9.18 Å². The van der Waals surface area contributed by atoms with Crippen LogP contribution in [-0.4, -0.2) is 27.3 Å². The molecule has 6 nitrogen and oxygen atoms in total. The Labute approximate surface area is 191 Å². The van der Waals surface area contributed by atoms with Crippen molar-refractivity contribution in [2.45, 2.75) is 0 Å². The third-order valence-corrected chi connectivity index (χ3v) is 5.66. The topological polar surface area (TPSA) is 64.5 Å². The molecule has 0 unspecified atom stereocenters. The molecule has 1 saturated heterocycles. The Morgan fingerprint density at radius 1 is 1.19 bits per heavy atom. The second-order valence-electron chi connectivity index (χ2n) is 6.18. The van der Waals surface area contributed by atoms with Gasteiger partial charge in [-0.25, -0.2) is 4.98 Å². The molecule has 1 fully saturated rings. The summed E-state index contributed by atoms with van der Waals surface area (Å²) >= 11 is 12.3. The van der Waals surface area contributed by atoms with Gasteiger partial charge in [0.15, 0.2) is 4.32 Å². The van der Waals surface area contributed by atoms with Gasteiger partial charge in [-0.15, -0.1) is 0 Å². The average Bonchev–Trinajstić information content (AvgIpc) is 3.04. The first-order valence-corrected chi connectivity index (χ1v) is 10.4. The second kappa shape index (κ2) is 9.01. The zero-order valence-corrected chi connectivity index (χ0v) is 18.3. The van der Waals surface area contributed by atoms with E-state index in [-0.39, 0.29) is 17.1 Å². The van der Waals surface area contributed by atoms with E-state index in [0.29, 0.717) is 32.0 Å². The molecule has 4 rings (SSSR count). The highest BCUT2D eigenvalue weighted by Crippen LogP contribution is 2.37. The van der Waals surface area contributed by atoms with Crippen LogP contribution in [0.5, 0.6) is 17.4 Å². The fourth-order valence-corrected chi connectivity index (χ4v) is 4.18. The molecule has 0 saturated carbocycles. The van der Waals surface area contributed by atoms with Gasteiger partial charge in [-0.1, -0.05) is 36.1 Å². The van der Waals surface area contributed by atoms with Crippen LogP contribution in [0.15, 0.2) is 59.6 Å². The summed E-state index contributed by atoms with van der Waals surface area (Å²) in [7, 11) is 1.57. The molecule has 1 aliphatic heterocycles. The smallest absolute Gasteiger partial charge is 0.270 e. The molecule has 0 aliphatic carbocycles. The van der Waals surface area contributed by atoms with E-state index in [2.05, 4.69) is 9.97 Å². The number of ether oxygens (including phenoxy) is 2. The molecule has 2 heterocycles. The Hall–Kier alpha value is -3.01. The molecule has 1 aliphatic rings. The van der Waals surface area contributed by atoms with E-state index in [4.69, 9.17) is 33.3 Å². The lowest BCUT2D eigenvalue weighted by molar-refractivity contribution is -0.113. The minimum absolute atomic E-state index is 0.130. The maximum atomic E-state index is 13.8. The molecule has 1 aromatic heterocycles. The van der Waals surface area contributed by atoms with Crippen molar-refractivity contribution in [3.63, 3.8) is 0 Å². The molecular formula is C21H13ClFN3O3S2. The number of carbonyl (C=O) groups is 1. The van der Waals surface area contributed by atoms with Crippen molar-refractivity contribution in [1.82, 2.24) is 9.97 Å². The van der Waals surface area contributed by atoms with Crippen LogP contribution in [-0.2, 0) is 4.79 Å². The van der Waals surface area contributed by atoms with Crippen LogP contribution in [0.25, 0.3) is 6.08 Å². The normalized spacial score (nSPS) is 14.9. The van der Waals surface area contributed by atoms with Crippen molar-refractivity contribution in [2.75, 3.05) is 12.0 Å². The van der Waals surface area contributed by atoms with Gasteiger partial charge in [-0.05, 0) is 59.6 Å². The highest BCUT2D eigenvalue weighted by atomic mass is 35.5. The maximum absolute atomic E-state index is 13.8. The van der Waals surface area contributed by atoms with E-state index < -0.39 is 5.82 Å². The lowest BCUT2D eigenvalue weighted by atomic mass is 10.2. The van der Waals surface area contributed by atoms with Gasteiger partial charge in [0.05, 0.1) is 23.9 Å². The zero-order chi connectivity index (χ0) is 22.0. The number of amides is 1. The average molecular weight is 474 g/mol. The lowest BCUT2D eigenvalue weighted by Gasteiger charge is -2.14. The van der Waals surface area contributed by atoms with Gasteiger partial charge in [0.2, 0.25) is 11.1 Å². The van der Waals surface area contributed by atoms with Crippen LogP contribution in [0, 0.1) is 5.82 Å². The van der Waals surface area contributed by atoms with Crippen molar-refractivity contribution < 1.29 is 18.7 Å². The molecule has 31 heavy (non-hydrogen) atoms. The van der Waals surface area contributed by atoms with Gasteiger partial charge in [-0.3, -0.25) is 9.69 Å². The summed E-state index contributed by atoms with van der Waals surface area (Å²) in [4.78, 5) is 22.1. The summed E-state index contributed by atoms with van der Waals surface area (Å²) in [6.07, 6.45) is 2.62. The molecule has 0 N–H and O–H groups in total. The largest absolute Gasteiger partial charge is 0.497 e. The molecule has 0 bridgehead atoms. The Kier molecular flexibility index (Phi) is 6.17. The van der Waals surface area contributed by atoms with Crippen molar-refractivity contribution >= 4 is 57.6 Å². The molecule has 0 atom stereocenters. The first-order chi connectivity index (χ1) is 14.9. The minimum Gasteiger partial charge on any atom is -0.497 e. The third-order valence-electron chi connectivity index (χ3n) is 4.18. The minimum atomic E-state index is -0.741. The van der Waals surface area contributed by atoms with Crippen molar-refractivity contribution in [1.29, 1.82) is 0 Å². The Bertz CT molecular complexity index is 1200. The molecule has 0 spiro atoms. The number of rotatable bonds is 5. The molecule has 10 heteroatoms. The van der Waals surface area contributed by atoms with E-state index >= 15 is 0 Å². The van der Waals surface area contributed by atoms with Gasteiger partial charge in [-0.2, -0.15) is 9.37 Å². The quantitative estimate of drug-likeness (QED) is 0.276. The maximum Gasteiger partial charge on any atom is 0.270 e. The molecular weight excluding hydrogens is 461 g/mol. The number of anilines is 1. The summed E-state index contributed by atoms with van der Waals surface area (Å²) in [5, 5.41) is -0.130. The van der Waals surface area contributed by atoms with Gasteiger partial charge in [0.1, 0.15) is 11.5 Å². The Morgan fingerprint density at radius 2 is 1.97 bits per heavy atom. The summed E-state index contributed by atoms with van der Waals surface area (Å²) in [6, 6.07) is 13.8. The van der Waals surface area contributed by atoms with Crippen LogP contribution in [0.2, 0.25) is 5.28 Å². The fourth-order valence-electron chi connectivity index (χ4n) is 2.76. The lowest BCUT2D eigenvalue weighted by Crippen LogP contribution is -2.27. The van der Waals surface area contributed by atoms with Crippen LogP contribution in [0.1, 0.15) is 5.56 Å². The number of thioether (sulfide) groups is 1. The molecule has 0 radical (unpaired) electrons. The number of hydrogen-bond acceptors (Lipinski definition) is 7. The Balaban J connectivity index is 1.57. The number of thiocarbonyl (C=S) groups is 1. The molecule has 2 aromatic carbocycles. The predicted octanol–water partition coefficient (Wildman–Crippen LogP) is 5.48. The summed E-state index contributed by atoms with van der Waals surface area (Å²) in [5.41, 5.74) is 1.33. The number of nitrogens with zero attached hydrogens (tertiary/aromatic N) is 3. The number of benzene rings is 2. The molecule has 1 amide bonds. The van der Waals surface area contributed by atoms with Crippen molar-refractivity contribution in [3.8, 4) is 17.4 Å². The van der Waals surface area contributed by atoms with Gasteiger partial charge in [0, 0.05) is 0 Å². The fraction of sp³-hybridized carbons (Fsp3) is 0.0476. The highest BCUT2D eigenvalue weighted by molar-refractivity contribution is 8.27. The van der Waals surface area contributed by atoms with Crippen LogP contribution in [0.3, 0.4) is 0 Å². The van der Waals surface area contributed by atoms with E-state index in [1.807, 2.05) is 0 Å². The van der Waals surface area contributed by atoms with E-state index in [1.165, 1.54) is 16.7 Å². The Morgan fingerprint density at radius 3 is 2.71 bits per heavy atom. The standard InChI is InChI=1S/C21H13ClFN3O3S2/c1-28-14-7-5-13(6-8-14)26-19(27)17(31-21(26)30)10-12-3-2-4-15(9-12)29-18-16(23)11-24-20(22)25-18/h2-11H,1H3/b17-10-. The number of carbonyl (C=O) groups excluding carboxylic acids is 1.